The van der Waals surface area contributed by atoms with Crippen LogP contribution in [0.15, 0.2) is 85.3 Å². The van der Waals surface area contributed by atoms with E-state index in [0.717, 1.165) is 17.9 Å². The van der Waals surface area contributed by atoms with E-state index in [4.69, 9.17) is 30.7 Å². The molecule has 6 atom stereocenters. The third-order valence-electron chi connectivity index (χ3n) is 8.07. The van der Waals surface area contributed by atoms with Crippen LogP contribution in [0, 0.1) is 12.3 Å². The van der Waals surface area contributed by atoms with Gasteiger partial charge in [-0.3, -0.25) is 9.32 Å². The Kier molecular flexibility index (Phi) is 9.20. The second-order valence-corrected chi connectivity index (χ2v) is 13.2. The van der Waals surface area contributed by atoms with Crippen molar-refractivity contribution in [2.45, 2.75) is 50.6 Å². The molecule has 3 heterocycles. The van der Waals surface area contributed by atoms with Crippen LogP contribution in [-0.4, -0.2) is 56.1 Å². The van der Waals surface area contributed by atoms with Crippen molar-refractivity contribution in [2.75, 3.05) is 12.3 Å². The van der Waals surface area contributed by atoms with Crippen molar-refractivity contribution in [3.8, 4) is 18.1 Å². The van der Waals surface area contributed by atoms with Gasteiger partial charge in [-0.2, -0.15) is 5.09 Å². The molecule has 6 rings (SSSR count). The molecule has 1 aliphatic heterocycles. The summed E-state index contributed by atoms with van der Waals surface area (Å²) in [7, 11) is -4.45. The number of esters is 1. The molecule has 48 heavy (non-hydrogen) atoms. The number of hydrogen-bond donors (Lipinski definition) is 3. The zero-order valence-electron chi connectivity index (χ0n) is 26.0. The normalized spacial score (nSPS) is 22.6. The number of aromatic nitrogens is 3. The van der Waals surface area contributed by atoms with Gasteiger partial charge in [0.05, 0.1) is 17.6 Å². The highest BCUT2D eigenvalue weighted by atomic mass is 31.2. The number of nitrogens with one attached hydrogen (secondary N) is 1. The van der Waals surface area contributed by atoms with Crippen molar-refractivity contribution < 1.29 is 38.8 Å². The van der Waals surface area contributed by atoms with Crippen molar-refractivity contribution in [1.29, 1.82) is 0 Å². The van der Waals surface area contributed by atoms with Gasteiger partial charge < -0.3 is 29.4 Å². The molecule has 250 valence electrons. The zero-order valence-corrected chi connectivity index (χ0v) is 26.9. The van der Waals surface area contributed by atoms with Crippen LogP contribution in [0.25, 0.3) is 21.8 Å². The standard InChI is InChI=1S/C34H33FN5O7P.H2/c1-4-23-17-40(31-28(23)30(36)37-20-38-31)33-34(3,35)29(41)27(46-33)19-45-48(43,47-26-16-10-14-24-13-8-9-15-25(24)26)39-21(2)32(42)44-18-22-11-6-5-7-12-22;/h1,5-17,20-21,27,29,33,41H,18-19H2,2-3H3,(H,39,43)(H2,36,37,38);1H/t21?,27-,29-,33-,34-,48?;/m1./s1. The summed E-state index contributed by atoms with van der Waals surface area (Å²) in [5.74, 6) is 2.06. The van der Waals surface area contributed by atoms with Crippen molar-refractivity contribution in [1.82, 2.24) is 19.6 Å². The van der Waals surface area contributed by atoms with Gasteiger partial charge in [0.1, 0.15) is 48.4 Å². The summed E-state index contributed by atoms with van der Waals surface area (Å²) in [5.41, 5.74) is 4.90. The van der Waals surface area contributed by atoms with Crippen molar-refractivity contribution in [3.63, 3.8) is 0 Å². The minimum Gasteiger partial charge on any atom is -0.460 e. The summed E-state index contributed by atoms with van der Waals surface area (Å²) in [4.78, 5) is 21.1. The summed E-state index contributed by atoms with van der Waals surface area (Å²) in [6, 6.07) is 20.3. The Morgan fingerprint density at radius 3 is 2.71 bits per heavy atom. The summed E-state index contributed by atoms with van der Waals surface area (Å²) in [6.07, 6.45) is 3.77. The molecule has 0 radical (unpaired) electrons. The van der Waals surface area contributed by atoms with E-state index in [2.05, 4.69) is 21.0 Å². The van der Waals surface area contributed by atoms with Crippen molar-refractivity contribution >= 4 is 41.3 Å². The topological polar surface area (TPSA) is 160 Å². The lowest BCUT2D eigenvalue weighted by Gasteiger charge is -2.25. The maximum absolute atomic E-state index is 16.3. The predicted octanol–water partition coefficient (Wildman–Crippen LogP) is 5.31. The molecule has 4 N–H and O–H groups in total. The molecule has 12 nitrogen and oxygen atoms in total. The average molecular weight is 676 g/mol. The number of carbonyl (C=O) groups excluding carboxylic acids is 1. The van der Waals surface area contributed by atoms with Gasteiger partial charge >= 0.3 is 13.7 Å². The van der Waals surface area contributed by atoms with Crippen LogP contribution in [0.2, 0.25) is 0 Å². The number of fused-ring (bicyclic) bond motifs is 2. The lowest BCUT2D eigenvalue weighted by atomic mass is 9.98. The molecule has 2 unspecified atom stereocenters. The van der Waals surface area contributed by atoms with E-state index in [1.165, 1.54) is 24.0 Å². The summed E-state index contributed by atoms with van der Waals surface area (Å²) in [5, 5.41) is 15.5. The fraction of sp³-hybridized carbons (Fsp3) is 0.265. The van der Waals surface area contributed by atoms with Gasteiger partial charge in [0, 0.05) is 13.0 Å². The third kappa shape index (κ3) is 6.49. The van der Waals surface area contributed by atoms with Crippen LogP contribution in [0.1, 0.15) is 32.6 Å². The number of aliphatic hydroxyl groups excluding tert-OH is 1. The molecule has 3 aromatic carbocycles. The molecule has 14 heteroatoms. The second kappa shape index (κ2) is 13.4. The number of aliphatic hydroxyl groups is 1. The Bertz CT molecular complexity index is 2050. The van der Waals surface area contributed by atoms with E-state index < -0.39 is 50.5 Å². The van der Waals surface area contributed by atoms with E-state index in [1.54, 1.807) is 36.4 Å². The minimum absolute atomic E-state index is 0. The first-order chi connectivity index (χ1) is 23.0. The largest absolute Gasteiger partial charge is 0.460 e. The first-order valence-corrected chi connectivity index (χ1v) is 16.6. The van der Waals surface area contributed by atoms with E-state index in [1.807, 2.05) is 36.4 Å². The SMILES string of the molecule is C#Cc1cn([C@@H]2O[C@H](COP(=O)(NC(C)C(=O)OCc3ccccc3)Oc3cccc4ccccc34)[C@@H](O)[C@@]2(C)F)c2ncnc(N)c12.[HH]. The summed E-state index contributed by atoms with van der Waals surface area (Å²) >= 11 is 0. The number of ether oxygens (including phenoxy) is 2. The fourth-order valence-electron chi connectivity index (χ4n) is 5.56. The van der Waals surface area contributed by atoms with Gasteiger partial charge in [-0.25, -0.2) is 18.9 Å². The van der Waals surface area contributed by atoms with Crippen LogP contribution in [0.5, 0.6) is 5.75 Å². The fourth-order valence-corrected chi connectivity index (χ4v) is 7.08. The number of nitrogen functional groups attached to an aromatic ring is 1. The van der Waals surface area contributed by atoms with Crippen LogP contribution < -0.4 is 15.3 Å². The molecule has 2 aromatic heterocycles. The van der Waals surface area contributed by atoms with E-state index in [0.29, 0.717) is 16.3 Å². The molecule has 1 saturated heterocycles. The highest BCUT2D eigenvalue weighted by Gasteiger charge is 2.56. The highest BCUT2D eigenvalue weighted by Crippen LogP contribution is 2.49. The van der Waals surface area contributed by atoms with Gasteiger partial charge in [0.15, 0.2) is 11.9 Å². The number of anilines is 1. The van der Waals surface area contributed by atoms with Gasteiger partial charge in [-0.15, -0.1) is 6.42 Å². The number of alkyl halides is 1. The lowest BCUT2D eigenvalue weighted by Crippen LogP contribution is -2.41. The van der Waals surface area contributed by atoms with Crippen molar-refractivity contribution in [2.24, 2.45) is 0 Å². The first-order valence-electron chi connectivity index (χ1n) is 15.0. The van der Waals surface area contributed by atoms with E-state index in [-0.39, 0.29) is 25.2 Å². The van der Waals surface area contributed by atoms with Gasteiger partial charge in [0.2, 0.25) is 0 Å². The quantitative estimate of drug-likeness (QED) is 0.0947. The summed E-state index contributed by atoms with van der Waals surface area (Å²) < 4.78 is 55.2. The average Bonchev–Trinajstić information content (AvgIpc) is 3.57. The van der Waals surface area contributed by atoms with E-state index in [9.17, 15) is 14.5 Å². The highest BCUT2D eigenvalue weighted by molar-refractivity contribution is 7.52. The Labute approximate surface area is 277 Å². The number of nitrogens with zero attached hydrogens (tertiary/aromatic N) is 3. The number of hydrogen-bond acceptors (Lipinski definition) is 10. The summed E-state index contributed by atoms with van der Waals surface area (Å²) in [6.45, 7) is 1.99. The second-order valence-electron chi connectivity index (χ2n) is 11.5. The molecular weight excluding hydrogens is 640 g/mol. The smallest absolute Gasteiger partial charge is 0.459 e. The molecular formula is C34H35FN5O7P. The molecule has 0 spiro atoms. The molecule has 1 aliphatic rings. The van der Waals surface area contributed by atoms with Gasteiger partial charge in [-0.1, -0.05) is 72.7 Å². The molecule has 5 aromatic rings. The Hall–Kier alpha value is -4.83. The van der Waals surface area contributed by atoms with Crippen LogP contribution in [0.4, 0.5) is 10.2 Å². The number of halogens is 1. The Morgan fingerprint density at radius 1 is 1.21 bits per heavy atom. The van der Waals surface area contributed by atoms with Crippen LogP contribution >= 0.6 is 7.75 Å². The molecule has 0 bridgehead atoms. The zero-order chi connectivity index (χ0) is 34.1. The van der Waals surface area contributed by atoms with Crippen LogP contribution in [0.3, 0.4) is 0 Å². The Balaban J connectivity index is 0.00000468. The number of nitrogens with two attached hydrogens (primary N) is 1. The number of carbonyl (C=O) groups is 1. The predicted molar refractivity (Wildman–Crippen MR) is 178 cm³/mol. The number of terminal acetylenes is 1. The maximum Gasteiger partial charge on any atom is 0.459 e. The lowest BCUT2D eigenvalue weighted by molar-refractivity contribution is -0.146. The third-order valence-corrected chi connectivity index (χ3v) is 9.70. The molecule has 1 fully saturated rings. The van der Waals surface area contributed by atoms with Gasteiger partial charge in [0.25, 0.3) is 0 Å². The molecule has 0 saturated carbocycles. The van der Waals surface area contributed by atoms with E-state index >= 15 is 4.39 Å². The minimum atomic E-state index is -4.45. The van der Waals surface area contributed by atoms with Crippen molar-refractivity contribution in [3.05, 3.63) is 96.4 Å². The molecule has 0 aliphatic carbocycles. The van der Waals surface area contributed by atoms with Crippen LogP contribution in [-0.2, 0) is 30.0 Å². The number of benzene rings is 3. The Morgan fingerprint density at radius 2 is 1.94 bits per heavy atom. The first kappa shape index (κ1) is 33.1. The maximum atomic E-state index is 16.3. The molecule has 0 amide bonds. The van der Waals surface area contributed by atoms with Gasteiger partial charge in [-0.05, 0) is 30.9 Å². The number of rotatable bonds is 11. The monoisotopic (exact) mass is 675 g/mol.